The van der Waals surface area contributed by atoms with Crippen LogP contribution in [0.1, 0.15) is 26.2 Å². The van der Waals surface area contributed by atoms with Crippen LogP contribution in [0, 0.1) is 5.92 Å². The highest BCUT2D eigenvalue weighted by Crippen LogP contribution is 2.30. The standard InChI is InChI=1S/C15H22BrNO2S/c1-2-10-20(18,19)15-8-4-3-7-14(15)17-9-5-6-13(11-16)12-17/h3-4,7-8,13H,2,5-6,9-12H2,1H3. The van der Waals surface area contributed by atoms with Crippen molar-refractivity contribution in [1.82, 2.24) is 0 Å². The molecule has 1 aromatic rings. The first-order chi connectivity index (χ1) is 9.58. The van der Waals surface area contributed by atoms with Crippen LogP contribution in [0.4, 0.5) is 5.69 Å². The molecule has 1 aromatic carbocycles. The monoisotopic (exact) mass is 359 g/mol. The Labute approximate surface area is 130 Å². The summed E-state index contributed by atoms with van der Waals surface area (Å²) in [4.78, 5) is 2.73. The van der Waals surface area contributed by atoms with Crippen LogP contribution in [-0.4, -0.2) is 32.6 Å². The van der Waals surface area contributed by atoms with Gasteiger partial charge in [-0.25, -0.2) is 8.42 Å². The third kappa shape index (κ3) is 3.55. The van der Waals surface area contributed by atoms with E-state index in [9.17, 15) is 8.42 Å². The Morgan fingerprint density at radius 1 is 1.35 bits per heavy atom. The quantitative estimate of drug-likeness (QED) is 0.755. The number of hydrogen-bond acceptors (Lipinski definition) is 3. The van der Waals surface area contributed by atoms with Gasteiger partial charge in [0.2, 0.25) is 0 Å². The van der Waals surface area contributed by atoms with Crippen LogP contribution < -0.4 is 4.90 Å². The number of hydrogen-bond donors (Lipinski definition) is 0. The summed E-state index contributed by atoms with van der Waals surface area (Å²) in [5.74, 6) is 0.824. The second-order valence-electron chi connectivity index (χ2n) is 5.40. The fourth-order valence-electron chi connectivity index (χ4n) is 2.77. The van der Waals surface area contributed by atoms with Gasteiger partial charge in [-0.2, -0.15) is 0 Å². The van der Waals surface area contributed by atoms with Crippen LogP contribution in [0.3, 0.4) is 0 Å². The number of sulfone groups is 1. The number of anilines is 1. The second kappa shape index (κ2) is 6.94. The van der Waals surface area contributed by atoms with Crippen molar-refractivity contribution < 1.29 is 8.42 Å². The fourth-order valence-corrected chi connectivity index (χ4v) is 4.86. The summed E-state index contributed by atoms with van der Waals surface area (Å²) in [6, 6.07) is 7.44. The van der Waals surface area contributed by atoms with E-state index in [1.165, 1.54) is 6.42 Å². The van der Waals surface area contributed by atoms with Crippen molar-refractivity contribution in [3.63, 3.8) is 0 Å². The summed E-state index contributed by atoms with van der Waals surface area (Å²) in [5, 5.41) is 0.980. The van der Waals surface area contributed by atoms with Crippen molar-refractivity contribution in [2.24, 2.45) is 5.92 Å². The molecule has 5 heteroatoms. The molecule has 1 aliphatic rings. The number of halogens is 1. The molecule has 0 aromatic heterocycles. The highest BCUT2D eigenvalue weighted by Gasteiger charge is 2.25. The highest BCUT2D eigenvalue weighted by atomic mass is 79.9. The van der Waals surface area contributed by atoms with E-state index in [-0.39, 0.29) is 5.75 Å². The zero-order valence-corrected chi connectivity index (χ0v) is 14.3. The molecule has 1 heterocycles. The lowest BCUT2D eigenvalue weighted by atomic mass is 10.00. The Hall–Kier alpha value is -0.550. The van der Waals surface area contributed by atoms with Crippen LogP contribution in [0.5, 0.6) is 0 Å². The number of alkyl halides is 1. The Bertz CT molecular complexity index is 545. The van der Waals surface area contributed by atoms with Crippen molar-refractivity contribution >= 4 is 31.5 Å². The maximum absolute atomic E-state index is 12.4. The van der Waals surface area contributed by atoms with Gasteiger partial charge < -0.3 is 4.90 Å². The van der Waals surface area contributed by atoms with Crippen molar-refractivity contribution in [3.8, 4) is 0 Å². The topological polar surface area (TPSA) is 37.4 Å². The van der Waals surface area contributed by atoms with Gasteiger partial charge >= 0.3 is 0 Å². The fraction of sp³-hybridized carbons (Fsp3) is 0.600. The summed E-state index contributed by atoms with van der Waals surface area (Å²) in [6.07, 6.45) is 2.99. The third-order valence-electron chi connectivity index (χ3n) is 3.75. The van der Waals surface area contributed by atoms with E-state index >= 15 is 0 Å². The smallest absolute Gasteiger partial charge is 0.180 e. The van der Waals surface area contributed by atoms with Gasteiger partial charge in [0.25, 0.3) is 0 Å². The minimum absolute atomic E-state index is 0.222. The molecule has 0 bridgehead atoms. The molecule has 1 aliphatic heterocycles. The van der Waals surface area contributed by atoms with Gasteiger partial charge in [0.05, 0.1) is 16.3 Å². The van der Waals surface area contributed by atoms with Crippen molar-refractivity contribution in [3.05, 3.63) is 24.3 Å². The molecular weight excluding hydrogens is 338 g/mol. The maximum Gasteiger partial charge on any atom is 0.180 e. The van der Waals surface area contributed by atoms with Crippen LogP contribution in [0.15, 0.2) is 29.2 Å². The molecule has 20 heavy (non-hydrogen) atoms. The van der Waals surface area contributed by atoms with E-state index in [0.29, 0.717) is 17.2 Å². The van der Waals surface area contributed by atoms with E-state index in [1.807, 2.05) is 25.1 Å². The molecule has 1 saturated heterocycles. The van der Waals surface area contributed by atoms with Crippen molar-refractivity contribution in [2.45, 2.75) is 31.1 Å². The van der Waals surface area contributed by atoms with Gasteiger partial charge in [0, 0.05) is 18.4 Å². The maximum atomic E-state index is 12.4. The molecule has 0 saturated carbocycles. The molecule has 1 atom stereocenters. The largest absolute Gasteiger partial charge is 0.370 e. The number of benzene rings is 1. The first-order valence-corrected chi connectivity index (χ1v) is 9.98. The van der Waals surface area contributed by atoms with Gasteiger partial charge in [-0.15, -0.1) is 0 Å². The number of para-hydroxylation sites is 1. The number of nitrogens with zero attached hydrogens (tertiary/aromatic N) is 1. The lowest BCUT2D eigenvalue weighted by molar-refractivity contribution is 0.453. The predicted molar refractivity (Wildman–Crippen MR) is 87.5 cm³/mol. The van der Waals surface area contributed by atoms with Gasteiger partial charge in [-0.3, -0.25) is 0 Å². The number of rotatable bonds is 5. The van der Waals surface area contributed by atoms with E-state index in [4.69, 9.17) is 0 Å². The minimum Gasteiger partial charge on any atom is -0.370 e. The summed E-state index contributed by atoms with van der Waals surface area (Å²) in [7, 11) is -3.17. The van der Waals surface area contributed by atoms with Crippen molar-refractivity contribution in [1.29, 1.82) is 0 Å². The zero-order chi connectivity index (χ0) is 14.6. The Kier molecular flexibility index (Phi) is 5.49. The first kappa shape index (κ1) is 15.8. The van der Waals surface area contributed by atoms with Gasteiger partial charge in [0.15, 0.2) is 9.84 Å². The summed E-state index contributed by atoms with van der Waals surface area (Å²) in [5.41, 5.74) is 0.881. The van der Waals surface area contributed by atoms with E-state index < -0.39 is 9.84 Å². The lowest BCUT2D eigenvalue weighted by Crippen LogP contribution is -2.36. The van der Waals surface area contributed by atoms with Crippen LogP contribution in [0.25, 0.3) is 0 Å². The Balaban J connectivity index is 2.33. The molecule has 2 rings (SSSR count). The van der Waals surface area contributed by atoms with Gasteiger partial charge in [-0.05, 0) is 37.3 Å². The van der Waals surface area contributed by atoms with E-state index in [0.717, 1.165) is 30.5 Å². The molecule has 1 unspecified atom stereocenters. The number of piperidine rings is 1. The van der Waals surface area contributed by atoms with Crippen LogP contribution in [0.2, 0.25) is 0 Å². The lowest BCUT2D eigenvalue weighted by Gasteiger charge is -2.34. The molecule has 3 nitrogen and oxygen atoms in total. The average molecular weight is 360 g/mol. The SMILES string of the molecule is CCCS(=O)(=O)c1ccccc1N1CCCC(CBr)C1. The summed E-state index contributed by atoms with van der Waals surface area (Å²) >= 11 is 3.55. The molecule has 0 radical (unpaired) electrons. The molecular formula is C15H22BrNO2S. The van der Waals surface area contributed by atoms with Crippen molar-refractivity contribution in [2.75, 3.05) is 29.1 Å². The molecule has 0 aliphatic carbocycles. The molecule has 0 N–H and O–H groups in total. The van der Waals surface area contributed by atoms with E-state index in [2.05, 4.69) is 20.8 Å². The first-order valence-electron chi connectivity index (χ1n) is 7.21. The van der Waals surface area contributed by atoms with Gasteiger partial charge in [0.1, 0.15) is 0 Å². The summed E-state index contributed by atoms with van der Waals surface area (Å²) < 4.78 is 24.8. The Morgan fingerprint density at radius 3 is 2.80 bits per heavy atom. The zero-order valence-electron chi connectivity index (χ0n) is 11.9. The highest BCUT2D eigenvalue weighted by molar-refractivity contribution is 9.09. The van der Waals surface area contributed by atoms with Crippen LogP contribution in [-0.2, 0) is 9.84 Å². The molecule has 1 fully saturated rings. The van der Waals surface area contributed by atoms with E-state index in [1.54, 1.807) is 6.07 Å². The Morgan fingerprint density at radius 2 is 2.10 bits per heavy atom. The average Bonchev–Trinajstić information content (AvgIpc) is 2.47. The molecule has 0 spiro atoms. The normalized spacial score (nSPS) is 20.1. The predicted octanol–water partition coefficient (Wildman–Crippen LogP) is 3.48. The third-order valence-corrected chi connectivity index (χ3v) is 6.63. The minimum atomic E-state index is -3.17. The molecule has 0 amide bonds. The van der Waals surface area contributed by atoms with Crippen LogP contribution >= 0.6 is 15.9 Å². The summed E-state index contributed by atoms with van der Waals surface area (Å²) in [6.45, 7) is 3.79. The van der Waals surface area contributed by atoms with Gasteiger partial charge in [-0.1, -0.05) is 35.0 Å². The molecule has 112 valence electrons. The second-order valence-corrected chi connectivity index (χ2v) is 8.12.